The van der Waals surface area contributed by atoms with Gasteiger partial charge in [-0.1, -0.05) is 18.2 Å². The van der Waals surface area contributed by atoms with Gasteiger partial charge in [0.05, 0.1) is 24.3 Å². The fourth-order valence-electron chi connectivity index (χ4n) is 2.21. The van der Waals surface area contributed by atoms with Gasteiger partial charge in [0.2, 0.25) is 0 Å². The van der Waals surface area contributed by atoms with E-state index in [0.717, 1.165) is 16.6 Å². The zero-order valence-electron chi connectivity index (χ0n) is 11.4. The number of hydrogen-bond donors (Lipinski definition) is 2. The summed E-state index contributed by atoms with van der Waals surface area (Å²) in [6.07, 6.45) is 0. The molecule has 2 rings (SSSR count). The molecule has 0 atom stereocenters. The molecule has 0 saturated carbocycles. The van der Waals surface area contributed by atoms with Crippen LogP contribution in [0.1, 0.15) is 16.1 Å². The Labute approximate surface area is 117 Å². The van der Waals surface area contributed by atoms with E-state index in [-0.39, 0.29) is 32.2 Å². The highest BCUT2D eigenvalue weighted by Crippen LogP contribution is 2.19. The van der Waals surface area contributed by atoms with E-state index in [1.807, 2.05) is 31.2 Å². The number of fused-ring (bicyclic) bond motifs is 1. The number of hydrogen-bond acceptors (Lipinski definition) is 4. The van der Waals surface area contributed by atoms with Crippen molar-refractivity contribution in [3.05, 3.63) is 41.6 Å². The van der Waals surface area contributed by atoms with Gasteiger partial charge in [0.25, 0.3) is 5.91 Å². The number of aryl methyl sites for hydroxylation is 1. The van der Waals surface area contributed by atoms with E-state index in [4.69, 9.17) is 10.2 Å². The van der Waals surface area contributed by atoms with Crippen molar-refractivity contribution < 1.29 is 15.0 Å². The van der Waals surface area contributed by atoms with Crippen molar-refractivity contribution in [3.8, 4) is 0 Å². The van der Waals surface area contributed by atoms with Crippen LogP contribution in [0.15, 0.2) is 30.3 Å². The smallest absolute Gasteiger partial charge is 0.254 e. The van der Waals surface area contributed by atoms with Gasteiger partial charge in [0, 0.05) is 24.2 Å². The molecule has 0 aliphatic carbocycles. The summed E-state index contributed by atoms with van der Waals surface area (Å²) in [5, 5.41) is 18.9. The molecule has 2 N–H and O–H groups in total. The summed E-state index contributed by atoms with van der Waals surface area (Å²) in [6, 6.07) is 9.19. The zero-order chi connectivity index (χ0) is 14.5. The van der Waals surface area contributed by atoms with Crippen molar-refractivity contribution >= 4 is 16.8 Å². The Bertz CT molecular complexity index is 607. The van der Waals surface area contributed by atoms with Gasteiger partial charge in [-0.15, -0.1) is 0 Å². The molecule has 5 heteroatoms. The Morgan fingerprint density at radius 1 is 1.20 bits per heavy atom. The van der Waals surface area contributed by atoms with Crippen LogP contribution < -0.4 is 0 Å². The van der Waals surface area contributed by atoms with Gasteiger partial charge >= 0.3 is 0 Å². The van der Waals surface area contributed by atoms with Crippen LogP contribution in [0.2, 0.25) is 0 Å². The summed E-state index contributed by atoms with van der Waals surface area (Å²) in [7, 11) is 0. The van der Waals surface area contributed by atoms with Gasteiger partial charge in [0.15, 0.2) is 0 Å². The molecule has 2 aromatic rings. The molecule has 1 heterocycles. The van der Waals surface area contributed by atoms with E-state index in [1.54, 1.807) is 6.07 Å². The van der Waals surface area contributed by atoms with Crippen molar-refractivity contribution in [3.63, 3.8) is 0 Å². The third-order valence-corrected chi connectivity index (χ3v) is 3.10. The Morgan fingerprint density at radius 3 is 2.50 bits per heavy atom. The van der Waals surface area contributed by atoms with E-state index in [9.17, 15) is 4.79 Å². The molecule has 0 fully saturated rings. The number of benzene rings is 1. The van der Waals surface area contributed by atoms with Gasteiger partial charge in [-0.3, -0.25) is 9.78 Å². The molecule has 1 aromatic heterocycles. The highest BCUT2D eigenvalue weighted by Gasteiger charge is 2.18. The first-order valence-electron chi connectivity index (χ1n) is 6.54. The van der Waals surface area contributed by atoms with E-state index in [0.29, 0.717) is 5.56 Å². The molecule has 0 aliphatic rings. The SMILES string of the molecule is Cc1cc(C(=O)N(CCO)CCO)c2ccccc2n1. The minimum absolute atomic E-state index is 0.131. The van der Waals surface area contributed by atoms with E-state index >= 15 is 0 Å². The minimum atomic E-state index is -0.199. The lowest BCUT2D eigenvalue weighted by atomic mass is 10.1. The second-order valence-electron chi connectivity index (χ2n) is 4.57. The first-order valence-corrected chi connectivity index (χ1v) is 6.54. The molecule has 1 amide bonds. The second kappa shape index (κ2) is 6.45. The molecule has 0 unspecified atom stereocenters. The van der Waals surface area contributed by atoms with Crippen LogP contribution in [0.25, 0.3) is 10.9 Å². The van der Waals surface area contributed by atoms with Crippen molar-refractivity contribution in [2.24, 2.45) is 0 Å². The van der Waals surface area contributed by atoms with Gasteiger partial charge in [-0.25, -0.2) is 0 Å². The van der Waals surface area contributed by atoms with Gasteiger partial charge in [-0.2, -0.15) is 0 Å². The summed E-state index contributed by atoms with van der Waals surface area (Å²) in [4.78, 5) is 18.4. The molecule has 1 aromatic carbocycles. The maximum Gasteiger partial charge on any atom is 0.254 e. The summed E-state index contributed by atoms with van der Waals surface area (Å²) in [5.41, 5.74) is 2.08. The summed E-state index contributed by atoms with van der Waals surface area (Å²) in [6.45, 7) is 1.98. The predicted molar refractivity (Wildman–Crippen MR) is 76.6 cm³/mol. The van der Waals surface area contributed by atoms with E-state index < -0.39 is 0 Å². The van der Waals surface area contributed by atoms with Crippen molar-refractivity contribution in [2.75, 3.05) is 26.3 Å². The Kier molecular flexibility index (Phi) is 4.65. The number of rotatable bonds is 5. The van der Waals surface area contributed by atoms with E-state index in [2.05, 4.69) is 4.98 Å². The number of pyridine rings is 1. The first-order chi connectivity index (χ1) is 9.67. The third kappa shape index (κ3) is 2.95. The summed E-state index contributed by atoms with van der Waals surface area (Å²) < 4.78 is 0. The standard InChI is InChI=1S/C15H18N2O3/c1-11-10-13(12-4-2-3-5-14(12)16-11)15(20)17(6-8-18)7-9-19/h2-5,10,18-19H,6-9H2,1H3. The summed E-state index contributed by atoms with van der Waals surface area (Å²) >= 11 is 0. The number of nitrogens with zero attached hydrogens (tertiary/aromatic N) is 2. The van der Waals surface area contributed by atoms with Crippen molar-refractivity contribution in [1.82, 2.24) is 9.88 Å². The van der Waals surface area contributed by atoms with Gasteiger partial charge < -0.3 is 15.1 Å². The molecule has 5 nitrogen and oxygen atoms in total. The number of aliphatic hydroxyl groups excluding tert-OH is 2. The fourth-order valence-corrected chi connectivity index (χ4v) is 2.21. The van der Waals surface area contributed by atoms with Gasteiger partial charge in [0.1, 0.15) is 0 Å². The molecule has 0 aliphatic heterocycles. The first kappa shape index (κ1) is 14.4. The lowest BCUT2D eigenvalue weighted by Crippen LogP contribution is -2.36. The van der Waals surface area contributed by atoms with Crippen molar-refractivity contribution in [1.29, 1.82) is 0 Å². The van der Waals surface area contributed by atoms with E-state index in [1.165, 1.54) is 4.90 Å². The van der Waals surface area contributed by atoms with Crippen LogP contribution in [0.3, 0.4) is 0 Å². The maximum atomic E-state index is 12.6. The Morgan fingerprint density at radius 2 is 1.85 bits per heavy atom. The molecule has 0 saturated heterocycles. The number of carbonyl (C=O) groups excluding carboxylic acids is 1. The monoisotopic (exact) mass is 274 g/mol. The van der Waals surface area contributed by atoms with Crippen LogP contribution in [-0.2, 0) is 0 Å². The third-order valence-electron chi connectivity index (χ3n) is 3.10. The van der Waals surface area contributed by atoms with Crippen LogP contribution in [0, 0.1) is 6.92 Å². The largest absolute Gasteiger partial charge is 0.395 e. The maximum absolute atomic E-state index is 12.6. The Balaban J connectivity index is 2.47. The lowest BCUT2D eigenvalue weighted by Gasteiger charge is -2.21. The normalized spacial score (nSPS) is 10.8. The highest BCUT2D eigenvalue weighted by atomic mass is 16.3. The second-order valence-corrected chi connectivity index (χ2v) is 4.57. The molecule has 0 bridgehead atoms. The van der Waals surface area contributed by atoms with Crippen LogP contribution in [0.5, 0.6) is 0 Å². The predicted octanol–water partition coefficient (Wildman–Crippen LogP) is 0.970. The topological polar surface area (TPSA) is 73.7 Å². The molecule has 20 heavy (non-hydrogen) atoms. The lowest BCUT2D eigenvalue weighted by molar-refractivity contribution is 0.0686. The van der Waals surface area contributed by atoms with Gasteiger partial charge in [-0.05, 0) is 19.1 Å². The average Bonchev–Trinajstić information content (AvgIpc) is 2.45. The number of aromatic nitrogens is 1. The average molecular weight is 274 g/mol. The molecule has 106 valence electrons. The minimum Gasteiger partial charge on any atom is -0.395 e. The Hall–Kier alpha value is -1.98. The molecule has 0 spiro atoms. The van der Waals surface area contributed by atoms with Crippen LogP contribution >= 0.6 is 0 Å². The molecular weight excluding hydrogens is 256 g/mol. The van der Waals surface area contributed by atoms with Crippen LogP contribution in [0.4, 0.5) is 0 Å². The molecule has 0 radical (unpaired) electrons. The summed E-state index contributed by atoms with van der Waals surface area (Å²) in [5.74, 6) is -0.199. The number of carbonyl (C=O) groups is 1. The number of aliphatic hydroxyl groups is 2. The quantitative estimate of drug-likeness (QED) is 0.852. The highest BCUT2D eigenvalue weighted by molar-refractivity contribution is 6.06. The number of para-hydroxylation sites is 1. The van der Waals surface area contributed by atoms with Crippen LogP contribution in [-0.4, -0.2) is 52.3 Å². The fraction of sp³-hybridized carbons (Fsp3) is 0.333. The zero-order valence-corrected chi connectivity index (χ0v) is 11.4. The molecular formula is C15H18N2O3. The van der Waals surface area contributed by atoms with Crippen molar-refractivity contribution in [2.45, 2.75) is 6.92 Å². The number of amides is 1.